The van der Waals surface area contributed by atoms with E-state index in [-0.39, 0.29) is 0 Å². The van der Waals surface area contributed by atoms with E-state index in [1.54, 1.807) is 10.7 Å². The Morgan fingerprint density at radius 3 is 2.88 bits per heavy atom. The number of aromatic nitrogens is 3. The largest absolute Gasteiger partial charge is 0.394 e. The van der Waals surface area contributed by atoms with Crippen LogP contribution in [0, 0.1) is 6.92 Å². The average molecular weight is 224 g/mol. The van der Waals surface area contributed by atoms with Crippen LogP contribution in [0.3, 0.4) is 0 Å². The predicted molar refractivity (Wildman–Crippen MR) is 67.6 cm³/mol. The monoisotopic (exact) mass is 224 g/mol. The molecule has 1 aromatic carbocycles. The third-order valence-electron chi connectivity index (χ3n) is 2.72. The minimum absolute atomic E-state index is 0.621. The number of aryl methyl sites for hydroxylation is 1. The van der Waals surface area contributed by atoms with Gasteiger partial charge >= 0.3 is 0 Å². The van der Waals surface area contributed by atoms with E-state index in [2.05, 4.69) is 16.1 Å². The topological polar surface area (TPSA) is 56.2 Å². The quantitative estimate of drug-likeness (QED) is 0.690. The predicted octanol–water partition coefficient (Wildman–Crippen LogP) is 2.29. The molecule has 3 aromatic rings. The van der Waals surface area contributed by atoms with E-state index < -0.39 is 0 Å². The second-order valence-corrected chi connectivity index (χ2v) is 4.02. The molecule has 2 aromatic heterocycles. The van der Waals surface area contributed by atoms with E-state index in [1.165, 1.54) is 5.56 Å². The first-order valence-electron chi connectivity index (χ1n) is 5.41. The van der Waals surface area contributed by atoms with Crippen molar-refractivity contribution < 1.29 is 0 Å². The van der Waals surface area contributed by atoms with Crippen LogP contribution in [-0.4, -0.2) is 14.6 Å². The fraction of sp³-hybridized carbons (Fsp3) is 0.0769. The van der Waals surface area contributed by atoms with Gasteiger partial charge in [-0.05, 0) is 19.1 Å². The Bertz CT molecular complexity index is 685. The van der Waals surface area contributed by atoms with Crippen LogP contribution >= 0.6 is 0 Å². The van der Waals surface area contributed by atoms with E-state index in [9.17, 15) is 0 Å². The van der Waals surface area contributed by atoms with Gasteiger partial charge in [0.15, 0.2) is 5.65 Å². The van der Waals surface area contributed by atoms with Gasteiger partial charge in [-0.15, -0.1) is 0 Å². The van der Waals surface area contributed by atoms with Gasteiger partial charge in [0.05, 0.1) is 0 Å². The molecule has 2 heterocycles. The molecular weight excluding hydrogens is 212 g/mol. The Morgan fingerprint density at radius 1 is 1.24 bits per heavy atom. The minimum atomic E-state index is 0.621. The molecule has 0 aliphatic heterocycles. The summed E-state index contributed by atoms with van der Waals surface area (Å²) in [7, 11) is 0. The number of rotatable bonds is 1. The first-order chi connectivity index (χ1) is 8.25. The van der Waals surface area contributed by atoms with Gasteiger partial charge < -0.3 is 5.73 Å². The van der Waals surface area contributed by atoms with Crippen molar-refractivity contribution in [2.24, 2.45) is 0 Å². The van der Waals surface area contributed by atoms with Crippen LogP contribution in [0.1, 0.15) is 5.56 Å². The molecule has 0 amide bonds. The smallest absolute Gasteiger partial charge is 0.178 e. The highest BCUT2D eigenvalue weighted by atomic mass is 15.3. The zero-order valence-corrected chi connectivity index (χ0v) is 9.46. The van der Waals surface area contributed by atoms with Gasteiger partial charge in [-0.25, -0.2) is 9.50 Å². The third-order valence-corrected chi connectivity index (χ3v) is 2.72. The van der Waals surface area contributed by atoms with E-state index in [0.29, 0.717) is 11.3 Å². The van der Waals surface area contributed by atoms with Crippen molar-refractivity contribution in [1.29, 1.82) is 0 Å². The molecule has 4 nitrogen and oxygen atoms in total. The van der Waals surface area contributed by atoms with Gasteiger partial charge in [-0.1, -0.05) is 23.8 Å². The lowest BCUT2D eigenvalue weighted by Gasteiger charge is -1.99. The zero-order valence-electron chi connectivity index (χ0n) is 9.46. The number of nitrogens with two attached hydrogens (primary N) is 1. The van der Waals surface area contributed by atoms with E-state index in [4.69, 9.17) is 5.73 Å². The van der Waals surface area contributed by atoms with Crippen molar-refractivity contribution in [3.05, 3.63) is 48.3 Å². The molecule has 0 aliphatic rings. The van der Waals surface area contributed by atoms with Crippen molar-refractivity contribution >= 4 is 11.3 Å². The lowest BCUT2D eigenvalue weighted by Crippen LogP contribution is -1.89. The fourth-order valence-electron chi connectivity index (χ4n) is 1.91. The van der Waals surface area contributed by atoms with Crippen LogP contribution in [0.5, 0.6) is 0 Å². The van der Waals surface area contributed by atoms with Crippen LogP contribution < -0.4 is 5.73 Å². The zero-order chi connectivity index (χ0) is 11.8. The summed E-state index contributed by atoms with van der Waals surface area (Å²) < 4.78 is 1.70. The highest BCUT2D eigenvalue weighted by Crippen LogP contribution is 2.27. The third kappa shape index (κ3) is 1.54. The fourth-order valence-corrected chi connectivity index (χ4v) is 1.91. The van der Waals surface area contributed by atoms with Crippen LogP contribution in [0.2, 0.25) is 0 Å². The Hall–Kier alpha value is -2.36. The molecule has 0 radical (unpaired) electrons. The summed E-state index contributed by atoms with van der Waals surface area (Å²) >= 11 is 0. The maximum atomic E-state index is 6.08. The highest BCUT2D eigenvalue weighted by molar-refractivity contribution is 5.82. The first-order valence-corrected chi connectivity index (χ1v) is 5.41. The molecule has 0 fully saturated rings. The number of anilines is 1. The average Bonchev–Trinajstić information content (AvgIpc) is 2.68. The molecule has 0 unspecified atom stereocenters. The molecule has 3 rings (SSSR count). The van der Waals surface area contributed by atoms with Crippen molar-refractivity contribution in [3.8, 4) is 11.3 Å². The molecule has 0 bridgehead atoms. The van der Waals surface area contributed by atoms with E-state index in [0.717, 1.165) is 11.3 Å². The van der Waals surface area contributed by atoms with E-state index >= 15 is 0 Å². The lowest BCUT2D eigenvalue weighted by atomic mass is 10.1. The summed E-state index contributed by atoms with van der Waals surface area (Å²) in [6, 6.07) is 9.96. The van der Waals surface area contributed by atoms with Gasteiger partial charge in [-0.2, -0.15) is 5.10 Å². The van der Waals surface area contributed by atoms with Gasteiger partial charge in [0, 0.05) is 18.0 Å². The molecule has 0 atom stereocenters. The van der Waals surface area contributed by atoms with Crippen molar-refractivity contribution in [2.75, 3.05) is 5.73 Å². The minimum Gasteiger partial charge on any atom is -0.394 e. The summed E-state index contributed by atoms with van der Waals surface area (Å²) in [6.07, 6.45) is 3.56. The molecule has 0 spiro atoms. The summed E-state index contributed by atoms with van der Waals surface area (Å²) in [5.41, 5.74) is 10.4. The second-order valence-electron chi connectivity index (χ2n) is 4.02. The summed E-state index contributed by atoms with van der Waals surface area (Å²) in [5.74, 6) is 0. The van der Waals surface area contributed by atoms with Crippen LogP contribution in [0.4, 0.5) is 5.69 Å². The Balaban J connectivity index is 2.27. The Kier molecular flexibility index (Phi) is 2.08. The SMILES string of the molecule is Cc1cccc(-c2nn3cccnc3c2N)c1. The number of hydrogen-bond donors (Lipinski definition) is 1. The maximum absolute atomic E-state index is 6.08. The molecule has 0 saturated heterocycles. The summed E-state index contributed by atoms with van der Waals surface area (Å²) in [6.45, 7) is 2.05. The van der Waals surface area contributed by atoms with Crippen molar-refractivity contribution in [3.63, 3.8) is 0 Å². The van der Waals surface area contributed by atoms with Gasteiger partial charge in [0.25, 0.3) is 0 Å². The second kappa shape index (κ2) is 3.59. The number of fused-ring (bicyclic) bond motifs is 1. The van der Waals surface area contributed by atoms with Gasteiger partial charge in [0.2, 0.25) is 0 Å². The number of benzene rings is 1. The first kappa shape index (κ1) is 9.84. The summed E-state index contributed by atoms with van der Waals surface area (Å²) in [4.78, 5) is 4.22. The number of nitrogens with zero attached hydrogens (tertiary/aromatic N) is 3. The normalized spacial score (nSPS) is 10.9. The molecule has 84 valence electrons. The van der Waals surface area contributed by atoms with Gasteiger partial charge in [-0.3, -0.25) is 0 Å². The molecular formula is C13H12N4. The maximum Gasteiger partial charge on any atom is 0.178 e. The molecule has 0 aliphatic carbocycles. The van der Waals surface area contributed by atoms with E-state index in [1.807, 2.05) is 37.4 Å². The van der Waals surface area contributed by atoms with Crippen LogP contribution in [-0.2, 0) is 0 Å². The van der Waals surface area contributed by atoms with Gasteiger partial charge in [0.1, 0.15) is 11.4 Å². The van der Waals surface area contributed by atoms with Crippen molar-refractivity contribution in [1.82, 2.24) is 14.6 Å². The molecule has 4 heteroatoms. The standard InChI is InChI=1S/C13H12N4/c1-9-4-2-5-10(8-9)12-11(14)13-15-6-3-7-17(13)16-12/h2-8H,14H2,1H3. The number of hydrogen-bond acceptors (Lipinski definition) is 3. The Morgan fingerprint density at radius 2 is 2.12 bits per heavy atom. The highest BCUT2D eigenvalue weighted by Gasteiger charge is 2.11. The van der Waals surface area contributed by atoms with Crippen LogP contribution in [0.25, 0.3) is 16.9 Å². The summed E-state index contributed by atoms with van der Waals surface area (Å²) in [5, 5.41) is 4.45. The Labute approximate surface area is 98.7 Å². The van der Waals surface area contributed by atoms with Crippen molar-refractivity contribution in [2.45, 2.75) is 6.92 Å². The molecule has 17 heavy (non-hydrogen) atoms. The molecule has 0 saturated carbocycles. The molecule has 2 N–H and O–H groups in total. The number of nitrogen functional groups attached to an aromatic ring is 1. The van der Waals surface area contributed by atoms with Crippen LogP contribution in [0.15, 0.2) is 42.7 Å². The lowest BCUT2D eigenvalue weighted by molar-refractivity contribution is 0.943.